The molecule has 1 fully saturated rings. The molecule has 0 radical (unpaired) electrons. The Balaban J connectivity index is 1.74. The summed E-state index contributed by atoms with van der Waals surface area (Å²) < 4.78 is 26.1. The summed E-state index contributed by atoms with van der Waals surface area (Å²) >= 11 is 1.84. The average Bonchev–Trinajstić information content (AvgIpc) is 3.11. The predicted octanol–water partition coefficient (Wildman–Crippen LogP) is 3.56. The quantitative estimate of drug-likeness (QED) is 0.737. The van der Waals surface area contributed by atoms with Gasteiger partial charge in [-0.3, -0.25) is 0 Å². The van der Waals surface area contributed by atoms with E-state index in [1.807, 2.05) is 11.3 Å². The minimum absolute atomic E-state index is 0.168. The van der Waals surface area contributed by atoms with E-state index in [1.165, 1.54) is 28.7 Å². The van der Waals surface area contributed by atoms with Gasteiger partial charge in [0.1, 0.15) is 16.5 Å². The number of thiophene rings is 1. The van der Waals surface area contributed by atoms with Crippen LogP contribution in [-0.4, -0.2) is 54.6 Å². The van der Waals surface area contributed by atoms with Crippen LogP contribution in [0.3, 0.4) is 0 Å². The van der Waals surface area contributed by atoms with E-state index in [9.17, 15) is 8.42 Å². The van der Waals surface area contributed by atoms with Crippen LogP contribution < -0.4 is 4.90 Å². The molecule has 154 valence electrons. The molecule has 2 aromatic rings. The van der Waals surface area contributed by atoms with Crippen molar-refractivity contribution in [3.63, 3.8) is 0 Å². The van der Waals surface area contributed by atoms with Gasteiger partial charge >= 0.3 is 0 Å². The Morgan fingerprint density at radius 3 is 2.46 bits per heavy atom. The molecule has 3 heterocycles. The van der Waals surface area contributed by atoms with Gasteiger partial charge in [0.25, 0.3) is 0 Å². The second-order valence-electron chi connectivity index (χ2n) is 7.89. The van der Waals surface area contributed by atoms with E-state index >= 15 is 0 Å². The summed E-state index contributed by atoms with van der Waals surface area (Å²) in [5, 5.41) is 1.23. The molecule has 0 aromatic carbocycles. The van der Waals surface area contributed by atoms with Crippen molar-refractivity contribution in [3.8, 4) is 0 Å². The summed E-state index contributed by atoms with van der Waals surface area (Å²) in [4.78, 5) is 14.9. The van der Waals surface area contributed by atoms with Crippen molar-refractivity contribution in [1.29, 1.82) is 0 Å². The van der Waals surface area contributed by atoms with Gasteiger partial charge in [0.15, 0.2) is 0 Å². The van der Waals surface area contributed by atoms with Crippen molar-refractivity contribution in [2.75, 3.05) is 36.8 Å². The number of fused-ring (bicyclic) bond motifs is 3. The van der Waals surface area contributed by atoms with Gasteiger partial charge in [-0.1, -0.05) is 13.8 Å². The molecular weight excluding hydrogens is 392 g/mol. The maximum Gasteiger partial charge on any atom is 0.213 e. The fourth-order valence-electron chi connectivity index (χ4n) is 4.15. The lowest BCUT2D eigenvalue weighted by Crippen LogP contribution is -2.49. The molecule has 0 bridgehead atoms. The second kappa shape index (κ2) is 7.88. The molecule has 2 aliphatic rings. The SMILES string of the molecule is CC[C@H](C)c1nc(N2CCN(S(=O)(=O)CC)CC2)c2c3c(sc2n1)CCCC3. The van der Waals surface area contributed by atoms with E-state index < -0.39 is 10.0 Å². The zero-order chi connectivity index (χ0) is 19.9. The second-order valence-corrected chi connectivity index (χ2v) is 11.2. The van der Waals surface area contributed by atoms with Gasteiger partial charge in [0.2, 0.25) is 10.0 Å². The zero-order valence-electron chi connectivity index (χ0n) is 17.1. The van der Waals surface area contributed by atoms with Crippen LogP contribution in [0.1, 0.15) is 62.2 Å². The van der Waals surface area contributed by atoms with Crippen LogP contribution in [0.4, 0.5) is 5.82 Å². The lowest BCUT2D eigenvalue weighted by Gasteiger charge is -2.35. The Kier molecular flexibility index (Phi) is 5.64. The molecule has 0 saturated carbocycles. The Hall–Kier alpha value is -1.25. The van der Waals surface area contributed by atoms with Gasteiger partial charge in [-0.2, -0.15) is 4.31 Å². The minimum atomic E-state index is -3.12. The molecule has 0 spiro atoms. The van der Waals surface area contributed by atoms with Crippen molar-refractivity contribution in [2.45, 2.75) is 58.8 Å². The molecule has 0 unspecified atom stereocenters. The Labute approximate surface area is 172 Å². The lowest BCUT2D eigenvalue weighted by atomic mass is 9.96. The highest BCUT2D eigenvalue weighted by molar-refractivity contribution is 7.89. The first kappa shape index (κ1) is 20.0. The molecule has 6 nitrogen and oxygen atoms in total. The largest absolute Gasteiger partial charge is 0.353 e. The first-order valence-electron chi connectivity index (χ1n) is 10.5. The molecular formula is C20H30N4O2S2. The molecule has 28 heavy (non-hydrogen) atoms. The van der Waals surface area contributed by atoms with Crippen LogP contribution in [-0.2, 0) is 22.9 Å². The Morgan fingerprint density at radius 2 is 1.79 bits per heavy atom. The first-order valence-corrected chi connectivity index (χ1v) is 12.9. The number of hydrogen-bond acceptors (Lipinski definition) is 6. The van der Waals surface area contributed by atoms with Crippen LogP contribution in [0.15, 0.2) is 0 Å². The van der Waals surface area contributed by atoms with E-state index in [1.54, 1.807) is 11.2 Å². The van der Waals surface area contributed by atoms with Gasteiger partial charge in [-0.25, -0.2) is 18.4 Å². The van der Waals surface area contributed by atoms with Gasteiger partial charge in [0, 0.05) is 37.0 Å². The van der Waals surface area contributed by atoms with Crippen molar-refractivity contribution in [1.82, 2.24) is 14.3 Å². The highest BCUT2D eigenvalue weighted by atomic mass is 32.2. The molecule has 1 aliphatic heterocycles. The van der Waals surface area contributed by atoms with Gasteiger partial charge in [0.05, 0.1) is 11.1 Å². The van der Waals surface area contributed by atoms with E-state index in [0.29, 0.717) is 32.1 Å². The van der Waals surface area contributed by atoms with Crippen molar-refractivity contribution < 1.29 is 8.42 Å². The Bertz CT molecular complexity index is 962. The van der Waals surface area contributed by atoms with E-state index in [2.05, 4.69) is 18.7 Å². The average molecular weight is 423 g/mol. The molecule has 8 heteroatoms. The summed E-state index contributed by atoms with van der Waals surface area (Å²) in [6.07, 6.45) is 5.76. The minimum Gasteiger partial charge on any atom is -0.353 e. The predicted molar refractivity (Wildman–Crippen MR) is 116 cm³/mol. The number of piperazine rings is 1. The number of aromatic nitrogens is 2. The van der Waals surface area contributed by atoms with Gasteiger partial charge < -0.3 is 4.90 Å². The van der Waals surface area contributed by atoms with Gasteiger partial charge in [-0.05, 0) is 44.6 Å². The molecule has 4 rings (SSSR count). The highest BCUT2D eigenvalue weighted by Gasteiger charge is 2.29. The summed E-state index contributed by atoms with van der Waals surface area (Å²) in [5.74, 6) is 2.45. The monoisotopic (exact) mass is 422 g/mol. The van der Waals surface area contributed by atoms with Crippen LogP contribution in [0.2, 0.25) is 0 Å². The van der Waals surface area contributed by atoms with E-state index in [-0.39, 0.29) is 5.75 Å². The molecule has 1 aliphatic carbocycles. The van der Waals surface area contributed by atoms with Crippen LogP contribution in [0, 0.1) is 0 Å². The van der Waals surface area contributed by atoms with Crippen LogP contribution in [0.25, 0.3) is 10.2 Å². The third kappa shape index (κ3) is 3.55. The maximum absolute atomic E-state index is 12.2. The van der Waals surface area contributed by atoms with Crippen LogP contribution >= 0.6 is 11.3 Å². The standard InChI is InChI=1S/C20H30N4O2S2/c1-4-14(3)18-21-19(23-10-12-24(13-11-23)28(25,26)5-2)17-15-8-6-7-9-16(15)27-20(17)22-18/h14H,4-13H2,1-3H3/t14-/m0/s1. The van der Waals surface area contributed by atoms with Crippen molar-refractivity contribution >= 4 is 37.4 Å². The molecule has 2 aromatic heterocycles. The number of anilines is 1. The number of hydrogen-bond donors (Lipinski definition) is 0. The van der Waals surface area contributed by atoms with E-state index in [4.69, 9.17) is 9.97 Å². The van der Waals surface area contributed by atoms with Crippen molar-refractivity contribution in [2.24, 2.45) is 0 Å². The lowest BCUT2D eigenvalue weighted by molar-refractivity contribution is 0.384. The normalized spacial score (nSPS) is 19.8. The topological polar surface area (TPSA) is 66.4 Å². The van der Waals surface area contributed by atoms with Crippen molar-refractivity contribution in [3.05, 3.63) is 16.3 Å². The third-order valence-electron chi connectivity index (χ3n) is 6.16. The van der Waals surface area contributed by atoms with Gasteiger partial charge in [-0.15, -0.1) is 11.3 Å². The zero-order valence-corrected chi connectivity index (χ0v) is 18.7. The summed E-state index contributed by atoms with van der Waals surface area (Å²) in [6, 6.07) is 0. The number of rotatable bonds is 5. The number of sulfonamides is 1. The summed E-state index contributed by atoms with van der Waals surface area (Å²) in [5.41, 5.74) is 1.44. The smallest absolute Gasteiger partial charge is 0.213 e. The third-order valence-corrected chi connectivity index (χ3v) is 9.23. The highest BCUT2D eigenvalue weighted by Crippen LogP contribution is 2.40. The fourth-order valence-corrected chi connectivity index (χ4v) is 6.49. The summed E-state index contributed by atoms with van der Waals surface area (Å²) in [7, 11) is -3.12. The first-order chi connectivity index (χ1) is 13.4. The van der Waals surface area contributed by atoms with E-state index in [0.717, 1.165) is 35.7 Å². The molecule has 0 amide bonds. The fraction of sp³-hybridized carbons (Fsp3) is 0.700. The maximum atomic E-state index is 12.2. The Morgan fingerprint density at radius 1 is 1.07 bits per heavy atom. The van der Waals surface area contributed by atoms with Crippen LogP contribution in [0.5, 0.6) is 0 Å². The molecule has 1 saturated heterocycles. The number of nitrogens with zero attached hydrogens (tertiary/aromatic N) is 4. The molecule has 0 N–H and O–H groups in total. The molecule has 1 atom stereocenters. The number of aryl methyl sites for hydroxylation is 2. The summed E-state index contributed by atoms with van der Waals surface area (Å²) in [6.45, 7) is 8.52.